The highest BCUT2D eigenvalue weighted by atomic mass is 35.5. The van der Waals surface area contributed by atoms with Crippen LogP contribution in [0.4, 0.5) is 0 Å². The molecule has 7 heteroatoms. The highest BCUT2D eigenvalue weighted by Gasteiger charge is 2.10. The predicted octanol–water partition coefficient (Wildman–Crippen LogP) is 3.68. The molecule has 122 valence electrons. The Kier molecular flexibility index (Phi) is 5.13. The molecule has 0 atom stereocenters. The van der Waals surface area contributed by atoms with Crippen LogP contribution in [0.2, 0.25) is 10.0 Å². The number of pyridine rings is 1. The molecule has 0 unspecified atom stereocenters. The molecule has 3 aromatic rings. The van der Waals surface area contributed by atoms with E-state index in [9.17, 15) is 4.79 Å². The largest absolute Gasteiger partial charge is 0.350 e. The molecule has 0 saturated carbocycles. The van der Waals surface area contributed by atoms with Crippen molar-refractivity contribution in [1.29, 1.82) is 0 Å². The van der Waals surface area contributed by atoms with Crippen molar-refractivity contribution < 1.29 is 4.79 Å². The van der Waals surface area contributed by atoms with Gasteiger partial charge in [-0.25, -0.2) is 0 Å². The van der Waals surface area contributed by atoms with E-state index >= 15 is 0 Å². The molecular weight excluding hydrogens is 347 g/mol. The number of nitrogens with one attached hydrogen (secondary N) is 1. The van der Waals surface area contributed by atoms with E-state index in [1.165, 1.54) is 0 Å². The van der Waals surface area contributed by atoms with Crippen LogP contribution in [-0.4, -0.2) is 27.2 Å². The third kappa shape index (κ3) is 3.93. The summed E-state index contributed by atoms with van der Waals surface area (Å²) in [4.78, 5) is 16.4. The highest BCUT2D eigenvalue weighted by molar-refractivity contribution is 6.36. The standard InChI is InChI=1S/C17H14Cl2N4O/c18-12-4-5-13(14(19)11-12)17(24)21-8-10-23-9-6-16(22-23)15-3-1-2-7-20-15/h1-7,9,11H,8,10H2,(H,21,24). The molecule has 0 aliphatic heterocycles. The van der Waals surface area contributed by atoms with Gasteiger partial charge in [0.1, 0.15) is 5.69 Å². The maximum Gasteiger partial charge on any atom is 0.252 e. The summed E-state index contributed by atoms with van der Waals surface area (Å²) in [7, 11) is 0. The van der Waals surface area contributed by atoms with Gasteiger partial charge in [-0.2, -0.15) is 5.10 Å². The molecule has 2 heterocycles. The summed E-state index contributed by atoms with van der Waals surface area (Å²) >= 11 is 11.8. The number of aromatic nitrogens is 3. The number of rotatable bonds is 5. The Hall–Kier alpha value is -2.37. The molecule has 0 saturated heterocycles. The average Bonchev–Trinajstić information content (AvgIpc) is 3.04. The summed E-state index contributed by atoms with van der Waals surface area (Å²) in [6.45, 7) is 0.977. The quantitative estimate of drug-likeness (QED) is 0.754. The van der Waals surface area contributed by atoms with E-state index in [0.29, 0.717) is 28.7 Å². The van der Waals surface area contributed by atoms with Gasteiger partial charge in [0.05, 0.1) is 22.8 Å². The summed E-state index contributed by atoms with van der Waals surface area (Å²) in [6, 6.07) is 12.3. The van der Waals surface area contributed by atoms with Gasteiger partial charge in [-0.15, -0.1) is 0 Å². The number of halogens is 2. The zero-order valence-corrected chi connectivity index (χ0v) is 14.1. The first-order valence-electron chi connectivity index (χ1n) is 7.31. The molecule has 0 bridgehead atoms. The van der Waals surface area contributed by atoms with Crippen LogP contribution in [0.1, 0.15) is 10.4 Å². The topological polar surface area (TPSA) is 59.8 Å². The Balaban J connectivity index is 1.57. The summed E-state index contributed by atoms with van der Waals surface area (Å²) in [6.07, 6.45) is 3.58. The molecule has 1 amide bonds. The van der Waals surface area contributed by atoms with Gasteiger partial charge in [0.2, 0.25) is 0 Å². The normalized spacial score (nSPS) is 10.6. The van der Waals surface area contributed by atoms with E-state index in [1.54, 1.807) is 29.1 Å². The van der Waals surface area contributed by atoms with Crippen molar-refractivity contribution in [3.8, 4) is 11.4 Å². The number of carbonyl (C=O) groups is 1. The molecule has 0 aliphatic rings. The number of carbonyl (C=O) groups excluding carboxylic acids is 1. The van der Waals surface area contributed by atoms with Crippen LogP contribution >= 0.6 is 23.2 Å². The fraction of sp³-hybridized carbons (Fsp3) is 0.118. The molecule has 0 aliphatic carbocycles. The molecule has 1 aromatic carbocycles. The van der Waals surface area contributed by atoms with Crippen LogP contribution in [0.3, 0.4) is 0 Å². The van der Waals surface area contributed by atoms with Gasteiger partial charge in [0, 0.05) is 24.0 Å². The van der Waals surface area contributed by atoms with Crippen molar-refractivity contribution in [3.63, 3.8) is 0 Å². The first-order valence-corrected chi connectivity index (χ1v) is 8.07. The second-order valence-corrected chi connectivity index (χ2v) is 5.90. The van der Waals surface area contributed by atoms with Gasteiger partial charge >= 0.3 is 0 Å². The predicted molar refractivity (Wildman–Crippen MR) is 94.3 cm³/mol. The van der Waals surface area contributed by atoms with E-state index in [1.807, 2.05) is 30.5 Å². The van der Waals surface area contributed by atoms with Crippen molar-refractivity contribution in [2.24, 2.45) is 0 Å². The maximum absolute atomic E-state index is 12.1. The maximum atomic E-state index is 12.1. The molecule has 5 nitrogen and oxygen atoms in total. The van der Waals surface area contributed by atoms with E-state index in [4.69, 9.17) is 23.2 Å². The summed E-state index contributed by atoms with van der Waals surface area (Å²) in [5.41, 5.74) is 2.01. The molecule has 0 radical (unpaired) electrons. The summed E-state index contributed by atoms with van der Waals surface area (Å²) < 4.78 is 1.76. The van der Waals surface area contributed by atoms with Gasteiger partial charge in [-0.1, -0.05) is 29.3 Å². The van der Waals surface area contributed by atoms with Gasteiger partial charge in [-0.05, 0) is 36.4 Å². The van der Waals surface area contributed by atoms with Crippen LogP contribution in [0.25, 0.3) is 11.4 Å². The Labute approximate surface area is 149 Å². The zero-order chi connectivity index (χ0) is 16.9. The van der Waals surface area contributed by atoms with Crippen molar-refractivity contribution >= 4 is 29.1 Å². The van der Waals surface area contributed by atoms with Crippen molar-refractivity contribution in [1.82, 2.24) is 20.1 Å². The lowest BCUT2D eigenvalue weighted by Gasteiger charge is -2.07. The minimum Gasteiger partial charge on any atom is -0.350 e. The smallest absolute Gasteiger partial charge is 0.252 e. The lowest BCUT2D eigenvalue weighted by Crippen LogP contribution is -2.27. The van der Waals surface area contributed by atoms with Crippen molar-refractivity contribution in [2.75, 3.05) is 6.54 Å². The average molecular weight is 361 g/mol. The second kappa shape index (κ2) is 7.47. The minimum absolute atomic E-state index is 0.242. The van der Waals surface area contributed by atoms with Crippen molar-refractivity contribution in [3.05, 3.63) is 70.5 Å². The first-order chi connectivity index (χ1) is 11.6. The number of benzene rings is 1. The van der Waals surface area contributed by atoms with Crippen LogP contribution in [0.5, 0.6) is 0 Å². The van der Waals surface area contributed by atoms with Gasteiger partial charge in [-0.3, -0.25) is 14.5 Å². The monoisotopic (exact) mass is 360 g/mol. The van der Waals surface area contributed by atoms with Crippen LogP contribution in [0, 0.1) is 0 Å². The lowest BCUT2D eigenvalue weighted by molar-refractivity contribution is 0.0952. The molecule has 3 rings (SSSR count). The van der Waals surface area contributed by atoms with Gasteiger partial charge in [0.25, 0.3) is 5.91 Å². The third-order valence-corrected chi connectivity index (χ3v) is 3.92. The number of nitrogens with zero attached hydrogens (tertiary/aromatic N) is 3. The fourth-order valence-corrected chi connectivity index (χ4v) is 2.68. The Morgan fingerprint density at radius 2 is 2.00 bits per heavy atom. The molecule has 24 heavy (non-hydrogen) atoms. The Bertz CT molecular complexity index is 849. The van der Waals surface area contributed by atoms with Crippen LogP contribution in [0.15, 0.2) is 54.9 Å². The third-order valence-electron chi connectivity index (χ3n) is 3.37. The minimum atomic E-state index is -0.242. The SMILES string of the molecule is O=C(NCCn1ccc(-c2ccccn2)n1)c1ccc(Cl)cc1Cl. The van der Waals surface area contributed by atoms with E-state index in [0.717, 1.165) is 11.4 Å². The van der Waals surface area contributed by atoms with Gasteiger partial charge < -0.3 is 5.32 Å². The van der Waals surface area contributed by atoms with E-state index < -0.39 is 0 Å². The summed E-state index contributed by atoms with van der Waals surface area (Å²) in [5, 5.41) is 8.08. The highest BCUT2D eigenvalue weighted by Crippen LogP contribution is 2.20. The van der Waals surface area contributed by atoms with E-state index in [-0.39, 0.29) is 5.91 Å². The molecular formula is C17H14Cl2N4O. The number of hydrogen-bond donors (Lipinski definition) is 1. The summed E-state index contributed by atoms with van der Waals surface area (Å²) in [5.74, 6) is -0.242. The Morgan fingerprint density at radius 1 is 1.12 bits per heavy atom. The van der Waals surface area contributed by atoms with Crippen LogP contribution in [-0.2, 0) is 6.54 Å². The second-order valence-electron chi connectivity index (χ2n) is 5.06. The fourth-order valence-electron chi connectivity index (χ4n) is 2.19. The number of hydrogen-bond acceptors (Lipinski definition) is 3. The van der Waals surface area contributed by atoms with Crippen molar-refractivity contribution in [2.45, 2.75) is 6.54 Å². The zero-order valence-electron chi connectivity index (χ0n) is 12.6. The van der Waals surface area contributed by atoms with Gasteiger partial charge in [0.15, 0.2) is 0 Å². The molecule has 2 aromatic heterocycles. The molecule has 0 fully saturated rings. The molecule has 0 spiro atoms. The lowest BCUT2D eigenvalue weighted by atomic mass is 10.2. The number of amides is 1. The van der Waals surface area contributed by atoms with Crippen LogP contribution < -0.4 is 5.32 Å². The van der Waals surface area contributed by atoms with E-state index in [2.05, 4.69) is 15.4 Å². The first kappa shape index (κ1) is 16.5. The Morgan fingerprint density at radius 3 is 2.75 bits per heavy atom. The molecule has 1 N–H and O–H groups in total.